The number of ether oxygens (including phenoxy) is 2. The Hall–Kier alpha value is -2.55. The number of carbonyl (C=O) groups excluding carboxylic acids is 2. The van der Waals surface area contributed by atoms with Gasteiger partial charge in [-0.2, -0.15) is 0 Å². The van der Waals surface area contributed by atoms with Crippen molar-refractivity contribution in [1.82, 2.24) is 0 Å². The zero-order valence-corrected chi connectivity index (χ0v) is 58.2. The molecule has 0 fully saturated rings. The monoisotopic (exact) mass is 1240 g/mol. The minimum absolute atomic E-state index is 0.0545. The van der Waals surface area contributed by atoms with Crippen molar-refractivity contribution < 1.29 is 37.6 Å². The van der Waals surface area contributed by atoms with E-state index in [-0.39, 0.29) is 38.6 Å². The topological polar surface area (TPSA) is 134 Å². The SMILES string of the molecule is CC/C=C\C/C=C\C/C=C\C/C=C\CCCCCCCCCCCCCCCCCCCCCCCCC(=O)OC(COC(=O)CCCCCCCCCCCCCCCCCCCCC/C=C\C/C=C\CCCCCCC)COP(=O)(O)OCCN. The molecule has 0 aromatic rings. The number of phosphoric ester groups is 1. The van der Waals surface area contributed by atoms with E-state index < -0.39 is 26.5 Å². The minimum atomic E-state index is -4.39. The van der Waals surface area contributed by atoms with Gasteiger partial charge in [0.2, 0.25) is 0 Å². The summed E-state index contributed by atoms with van der Waals surface area (Å²) in [6, 6.07) is 0. The fraction of sp³-hybridized carbons (Fsp3) is 0.818. The number of nitrogens with two attached hydrogens (primary N) is 1. The average Bonchev–Trinajstić information content (AvgIpc) is 3.64. The van der Waals surface area contributed by atoms with E-state index in [2.05, 4.69) is 86.8 Å². The first-order valence-corrected chi connectivity index (χ1v) is 38.9. The van der Waals surface area contributed by atoms with Crippen molar-refractivity contribution in [1.29, 1.82) is 0 Å². The average molecular weight is 1240 g/mol. The fourth-order valence-electron chi connectivity index (χ4n) is 11.1. The van der Waals surface area contributed by atoms with Crippen LogP contribution in [-0.2, 0) is 32.7 Å². The molecular formula is C77H142NO8P. The molecular weight excluding hydrogens is 1100 g/mol. The molecule has 0 aliphatic carbocycles. The smallest absolute Gasteiger partial charge is 0.462 e. The van der Waals surface area contributed by atoms with Crippen molar-refractivity contribution in [3.05, 3.63) is 72.9 Å². The van der Waals surface area contributed by atoms with Gasteiger partial charge in [0.1, 0.15) is 6.61 Å². The van der Waals surface area contributed by atoms with E-state index in [1.807, 2.05) is 0 Å². The van der Waals surface area contributed by atoms with Crippen LogP contribution >= 0.6 is 7.82 Å². The molecule has 0 rings (SSSR count). The third-order valence-electron chi connectivity index (χ3n) is 16.6. The molecule has 0 saturated heterocycles. The summed E-state index contributed by atoms with van der Waals surface area (Å²) in [7, 11) is -4.39. The second kappa shape index (κ2) is 72.5. The summed E-state index contributed by atoms with van der Waals surface area (Å²) in [5.41, 5.74) is 5.41. The summed E-state index contributed by atoms with van der Waals surface area (Å²) >= 11 is 0. The molecule has 0 aromatic heterocycles. The van der Waals surface area contributed by atoms with E-state index >= 15 is 0 Å². The van der Waals surface area contributed by atoms with E-state index in [9.17, 15) is 19.0 Å². The van der Waals surface area contributed by atoms with Crippen molar-refractivity contribution in [2.45, 2.75) is 380 Å². The maximum absolute atomic E-state index is 12.8. The number of hydrogen-bond acceptors (Lipinski definition) is 8. The molecule has 0 aromatic carbocycles. The lowest BCUT2D eigenvalue weighted by Crippen LogP contribution is -2.29. The largest absolute Gasteiger partial charge is 0.472 e. The van der Waals surface area contributed by atoms with Crippen LogP contribution in [0.4, 0.5) is 0 Å². The lowest BCUT2D eigenvalue weighted by molar-refractivity contribution is -0.161. The molecule has 0 aliphatic heterocycles. The Morgan fingerprint density at radius 3 is 0.943 bits per heavy atom. The third-order valence-corrected chi connectivity index (χ3v) is 17.6. The summed E-state index contributed by atoms with van der Waals surface area (Å²) in [6.45, 7) is 3.69. The number of rotatable bonds is 71. The van der Waals surface area contributed by atoms with Gasteiger partial charge in [-0.05, 0) is 83.5 Å². The van der Waals surface area contributed by atoms with E-state index in [0.717, 1.165) is 64.2 Å². The van der Waals surface area contributed by atoms with Gasteiger partial charge in [0, 0.05) is 19.4 Å². The minimum Gasteiger partial charge on any atom is -0.462 e. The van der Waals surface area contributed by atoms with Crippen LogP contribution in [0, 0.1) is 0 Å². The highest BCUT2D eigenvalue weighted by molar-refractivity contribution is 7.47. The van der Waals surface area contributed by atoms with Crippen molar-refractivity contribution in [2.75, 3.05) is 26.4 Å². The summed E-state index contributed by atoms with van der Waals surface area (Å²) in [4.78, 5) is 35.4. The molecule has 3 N–H and O–H groups in total. The lowest BCUT2D eigenvalue weighted by Gasteiger charge is -2.19. The predicted octanol–water partition coefficient (Wildman–Crippen LogP) is 24.8. The molecule has 0 heterocycles. The van der Waals surface area contributed by atoms with Crippen LogP contribution in [0.5, 0.6) is 0 Å². The van der Waals surface area contributed by atoms with Gasteiger partial charge in [-0.25, -0.2) is 4.57 Å². The van der Waals surface area contributed by atoms with E-state index in [0.29, 0.717) is 6.42 Å². The van der Waals surface area contributed by atoms with Crippen LogP contribution < -0.4 is 5.73 Å². The number of hydrogen-bond donors (Lipinski definition) is 2. The Kier molecular flexibility index (Phi) is 70.4. The first-order valence-electron chi connectivity index (χ1n) is 37.4. The number of allylic oxidation sites excluding steroid dienone is 12. The lowest BCUT2D eigenvalue weighted by atomic mass is 10.0. The highest BCUT2D eigenvalue weighted by Gasteiger charge is 2.26. The van der Waals surface area contributed by atoms with Crippen LogP contribution in [0.2, 0.25) is 0 Å². The summed E-state index contributed by atoms with van der Waals surface area (Å²) < 4.78 is 33.2. The second-order valence-electron chi connectivity index (χ2n) is 25.1. The summed E-state index contributed by atoms with van der Waals surface area (Å²) in [5, 5.41) is 0. The maximum atomic E-state index is 12.8. The molecule has 0 radical (unpaired) electrons. The molecule has 10 heteroatoms. The van der Waals surface area contributed by atoms with Gasteiger partial charge >= 0.3 is 19.8 Å². The van der Waals surface area contributed by atoms with Gasteiger partial charge in [0.25, 0.3) is 0 Å². The standard InChI is InChI=1S/C77H142NO8P/c1-3-5-7-9-11-13-15-17-19-21-23-25-27-29-31-33-35-36-37-38-40-42-44-46-48-50-52-54-56-58-60-62-64-66-68-70-77(80)86-75(74-85-87(81,82)84-72-71-78)73-83-76(79)69-67-65-63-61-59-57-55-53-51-49-47-45-43-41-39-34-32-30-28-26-24-22-20-18-16-14-12-10-8-6-4-2/h5,7,11,13,16-19,22-25,75H,3-4,6,8-10,12,14-15,20-21,26-74,78H2,1-2H3,(H,81,82)/b7-5-,13-11-,18-16-,19-17-,24-22-,25-23-. The molecule has 2 unspecified atom stereocenters. The first-order chi connectivity index (χ1) is 42.8. The van der Waals surface area contributed by atoms with Gasteiger partial charge in [-0.3, -0.25) is 18.6 Å². The van der Waals surface area contributed by atoms with Gasteiger partial charge in [0.15, 0.2) is 6.10 Å². The fourth-order valence-corrected chi connectivity index (χ4v) is 11.8. The highest BCUT2D eigenvalue weighted by Crippen LogP contribution is 2.43. The van der Waals surface area contributed by atoms with Crippen LogP contribution in [0.1, 0.15) is 373 Å². The second-order valence-corrected chi connectivity index (χ2v) is 26.6. The molecule has 87 heavy (non-hydrogen) atoms. The molecule has 0 bridgehead atoms. The Balaban J connectivity index is 3.80. The van der Waals surface area contributed by atoms with E-state index in [1.165, 1.54) is 276 Å². The van der Waals surface area contributed by atoms with Gasteiger partial charge in [0.05, 0.1) is 13.2 Å². The van der Waals surface area contributed by atoms with Crippen molar-refractivity contribution >= 4 is 19.8 Å². The normalized spacial score (nSPS) is 13.3. The Labute approximate surface area is 539 Å². The van der Waals surface area contributed by atoms with E-state index in [4.69, 9.17) is 24.3 Å². The third kappa shape index (κ3) is 72.4. The van der Waals surface area contributed by atoms with Gasteiger partial charge in [-0.15, -0.1) is 0 Å². The van der Waals surface area contributed by atoms with Crippen molar-refractivity contribution in [2.24, 2.45) is 5.73 Å². The molecule has 0 aliphatic rings. The number of phosphoric acid groups is 1. The van der Waals surface area contributed by atoms with Crippen molar-refractivity contribution in [3.8, 4) is 0 Å². The van der Waals surface area contributed by atoms with Gasteiger partial charge in [-0.1, -0.05) is 350 Å². The molecule has 9 nitrogen and oxygen atoms in total. The number of carbonyl (C=O) groups is 2. The van der Waals surface area contributed by atoms with Crippen LogP contribution in [-0.4, -0.2) is 49.3 Å². The summed E-state index contributed by atoms with van der Waals surface area (Å²) in [6.07, 6.45) is 95.9. The Morgan fingerprint density at radius 1 is 0.356 bits per heavy atom. The number of esters is 2. The Morgan fingerprint density at radius 2 is 0.632 bits per heavy atom. The van der Waals surface area contributed by atoms with Crippen molar-refractivity contribution in [3.63, 3.8) is 0 Å². The molecule has 2 atom stereocenters. The highest BCUT2D eigenvalue weighted by atomic mass is 31.2. The quantitative estimate of drug-likeness (QED) is 0.0264. The van der Waals surface area contributed by atoms with E-state index in [1.54, 1.807) is 0 Å². The van der Waals surface area contributed by atoms with Crippen LogP contribution in [0.15, 0.2) is 72.9 Å². The molecule has 0 saturated carbocycles. The molecule has 0 spiro atoms. The van der Waals surface area contributed by atoms with Crippen LogP contribution in [0.3, 0.4) is 0 Å². The van der Waals surface area contributed by atoms with Gasteiger partial charge < -0.3 is 20.1 Å². The first kappa shape index (κ1) is 84.5. The summed E-state index contributed by atoms with van der Waals surface area (Å²) in [5.74, 6) is -0.807. The number of unbranched alkanes of at least 4 members (excludes halogenated alkanes) is 46. The maximum Gasteiger partial charge on any atom is 0.472 e. The molecule has 508 valence electrons. The molecule has 0 amide bonds. The Bertz CT molecular complexity index is 1660. The zero-order chi connectivity index (χ0) is 63.0. The zero-order valence-electron chi connectivity index (χ0n) is 57.3. The predicted molar refractivity (Wildman–Crippen MR) is 376 cm³/mol. The van der Waals surface area contributed by atoms with Crippen LogP contribution in [0.25, 0.3) is 0 Å².